The van der Waals surface area contributed by atoms with Crippen LogP contribution in [0, 0.1) is 10.8 Å². The van der Waals surface area contributed by atoms with Crippen molar-refractivity contribution in [2.45, 2.75) is 38.8 Å². The normalized spacial score (nSPS) is 19.9. The van der Waals surface area contributed by atoms with Gasteiger partial charge in [0, 0.05) is 32.2 Å². The number of rotatable bonds is 9. The second-order valence-corrected chi connectivity index (χ2v) is 10.5. The monoisotopic (exact) mass is 506 g/mol. The number of fused-ring (bicyclic) bond motifs is 2. The fraction of sp³-hybridized carbons (Fsp3) is 0.552. The summed E-state index contributed by atoms with van der Waals surface area (Å²) in [5.74, 6) is 1.72. The topological polar surface area (TPSA) is 74.7 Å². The van der Waals surface area contributed by atoms with Crippen molar-refractivity contribution in [3.63, 3.8) is 0 Å². The Morgan fingerprint density at radius 2 is 1.84 bits per heavy atom. The molecule has 1 saturated heterocycles. The molecule has 3 aliphatic heterocycles. The Labute approximate surface area is 219 Å². The van der Waals surface area contributed by atoms with Crippen molar-refractivity contribution in [1.29, 1.82) is 0 Å². The van der Waals surface area contributed by atoms with E-state index in [4.69, 9.17) is 9.47 Å². The lowest BCUT2D eigenvalue weighted by atomic mass is 9.98. The average Bonchev–Trinajstić information content (AvgIpc) is 3.09. The Kier molecular flexibility index (Phi) is 8.36. The van der Waals surface area contributed by atoms with Crippen molar-refractivity contribution in [2.24, 2.45) is 11.1 Å². The number of hydrogen-bond donors (Lipinski definition) is 0. The Morgan fingerprint density at radius 3 is 2.62 bits per heavy atom. The molecule has 1 fully saturated rings. The van der Waals surface area contributed by atoms with E-state index in [0.29, 0.717) is 43.5 Å². The molecule has 8 nitrogen and oxygen atoms in total. The summed E-state index contributed by atoms with van der Waals surface area (Å²) >= 11 is 0. The van der Waals surface area contributed by atoms with Crippen LogP contribution < -0.4 is 9.47 Å². The molecule has 3 heterocycles. The third-order valence-electron chi connectivity index (χ3n) is 7.99. The van der Waals surface area contributed by atoms with Gasteiger partial charge in [0.2, 0.25) is 0 Å². The molecule has 1 atom stereocenters. The molecule has 1 unspecified atom stereocenters. The molecule has 5 rings (SSSR count). The molecule has 2 aromatic rings. The van der Waals surface area contributed by atoms with Crippen LogP contribution in [0.5, 0.6) is 11.5 Å². The first-order valence-corrected chi connectivity index (χ1v) is 13.7. The van der Waals surface area contributed by atoms with E-state index in [1.807, 2.05) is 12.1 Å². The number of ether oxygens (including phenoxy) is 2. The predicted octanol–water partition coefficient (Wildman–Crippen LogP) is 3.83. The van der Waals surface area contributed by atoms with Gasteiger partial charge in [-0.05, 0) is 68.1 Å². The maximum atomic E-state index is 13.4. The summed E-state index contributed by atoms with van der Waals surface area (Å²) in [5, 5.41) is 3.40. The maximum Gasteiger partial charge on any atom is 0.257 e. The van der Waals surface area contributed by atoms with Crippen LogP contribution in [-0.4, -0.2) is 85.7 Å². The number of amides is 1. The number of piperidine rings is 1. The standard InChI is InChI=1S/C29H38N4O4/c1-2-31-12-9-22(10-13-31)21-37-26-7-8-27-28(17-26)36-16-15-33(29(27)34)20-25(30-35)19-32-14-11-23-5-3-4-6-24(23)18-32/h3-8,17,22,25H,2,9-16,18-21H2,1H3. The summed E-state index contributed by atoms with van der Waals surface area (Å²) in [6.45, 7) is 9.59. The highest BCUT2D eigenvalue weighted by molar-refractivity contribution is 5.97. The van der Waals surface area contributed by atoms with E-state index >= 15 is 0 Å². The zero-order chi connectivity index (χ0) is 25.6. The summed E-state index contributed by atoms with van der Waals surface area (Å²) < 4.78 is 12.0. The van der Waals surface area contributed by atoms with Crippen LogP contribution in [0.15, 0.2) is 47.6 Å². The highest BCUT2D eigenvalue weighted by atomic mass is 16.5. The van der Waals surface area contributed by atoms with Crippen LogP contribution in [0.4, 0.5) is 0 Å². The highest BCUT2D eigenvalue weighted by Crippen LogP contribution is 2.29. The average molecular weight is 507 g/mol. The maximum absolute atomic E-state index is 13.4. The van der Waals surface area contributed by atoms with Crippen molar-refractivity contribution >= 4 is 5.91 Å². The smallest absolute Gasteiger partial charge is 0.257 e. The summed E-state index contributed by atoms with van der Waals surface area (Å²) in [7, 11) is 0. The summed E-state index contributed by atoms with van der Waals surface area (Å²) in [6.07, 6.45) is 3.27. The zero-order valence-electron chi connectivity index (χ0n) is 21.8. The molecule has 0 saturated carbocycles. The molecule has 1 amide bonds. The minimum atomic E-state index is -0.488. The van der Waals surface area contributed by atoms with Gasteiger partial charge in [-0.25, -0.2) is 0 Å². The first-order valence-electron chi connectivity index (χ1n) is 13.7. The third-order valence-corrected chi connectivity index (χ3v) is 7.99. The van der Waals surface area contributed by atoms with Gasteiger partial charge in [-0.1, -0.05) is 36.4 Å². The minimum Gasteiger partial charge on any atom is -0.493 e. The van der Waals surface area contributed by atoms with Crippen LogP contribution in [-0.2, 0) is 13.0 Å². The molecule has 37 heavy (non-hydrogen) atoms. The van der Waals surface area contributed by atoms with Crippen molar-refractivity contribution in [3.05, 3.63) is 64.1 Å². The first-order chi connectivity index (χ1) is 18.1. The van der Waals surface area contributed by atoms with E-state index in [9.17, 15) is 9.70 Å². The van der Waals surface area contributed by atoms with Crippen LogP contribution in [0.3, 0.4) is 0 Å². The second kappa shape index (κ2) is 12.0. The van der Waals surface area contributed by atoms with Gasteiger partial charge in [0.1, 0.15) is 24.1 Å². The van der Waals surface area contributed by atoms with Gasteiger partial charge in [-0.2, -0.15) is 4.91 Å². The van der Waals surface area contributed by atoms with Crippen molar-refractivity contribution < 1.29 is 14.3 Å². The van der Waals surface area contributed by atoms with E-state index in [2.05, 4.69) is 46.2 Å². The fourth-order valence-corrected chi connectivity index (χ4v) is 5.67. The minimum absolute atomic E-state index is 0.122. The number of hydrogen-bond acceptors (Lipinski definition) is 7. The largest absolute Gasteiger partial charge is 0.493 e. The number of likely N-dealkylation sites (tertiary alicyclic amines) is 1. The van der Waals surface area contributed by atoms with Crippen LogP contribution in [0.25, 0.3) is 0 Å². The molecular weight excluding hydrogens is 468 g/mol. The Hall–Kier alpha value is -2.97. The van der Waals surface area contributed by atoms with Gasteiger partial charge < -0.3 is 19.3 Å². The summed E-state index contributed by atoms with van der Waals surface area (Å²) in [4.78, 5) is 31.6. The quantitative estimate of drug-likeness (QED) is 0.482. The van der Waals surface area contributed by atoms with Gasteiger partial charge in [0.15, 0.2) is 0 Å². The summed E-state index contributed by atoms with van der Waals surface area (Å²) in [6, 6.07) is 13.4. The second-order valence-electron chi connectivity index (χ2n) is 10.5. The van der Waals surface area contributed by atoms with Crippen LogP contribution in [0.2, 0.25) is 0 Å². The molecule has 0 N–H and O–H groups in total. The van der Waals surface area contributed by atoms with Crippen molar-refractivity contribution in [3.8, 4) is 11.5 Å². The SMILES string of the molecule is CCN1CCC(COc2ccc3c(c2)OCCN(CC(CN2CCc4ccccc4C2)N=O)C3=O)CC1. The lowest BCUT2D eigenvalue weighted by Crippen LogP contribution is -2.43. The van der Waals surface area contributed by atoms with E-state index in [0.717, 1.165) is 57.7 Å². The van der Waals surface area contributed by atoms with E-state index < -0.39 is 6.04 Å². The predicted molar refractivity (Wildman–Crippen MR) is 143 cm³/mol. The van der Waals surface area contributed by atoms with Gasteiger partial charge >= 0.3 is 0 Å². The molecule has 198 valence electrons. The molecule has 3 aliphatic rings. The first kappa shape index (κ1) is 25.7. The van der Waals surface area contributed by atoms with E-state index in [-0.39, 0.29) is 12.5 Å². The molecule has 0 aromatic heterocycles. The number of carbonyl (C=O) groups is 1. The Balaban J connectivity index is 1.17. The Bertz CT molecular complexity index is 1090. The molecular formula is C29H38N4O4. The summed E-state index contributed by atoms with van der Waals surface area (Å²) in [5.41, 5.74) is 3.18. The van der Waals surface area contributed by atoms with Gasteiger partial charge in [-0.3, -0.25) is 9.69 Å². The zero-order valence-corrected chi connectivity index (χ0v) is 21.8. The van der Waals surface area contributed by atoms with Crippen molar-refractivity contribution in [2.75, 3.05) is 59.0 Å². The molecule has 0 aliphatic carbocycles. The Morgan fingerprint density at radius 1 is 1.03 bits per heavy atom. The lowest BCUT2D eigenvalue weighted by Gasteiger charge is -2.31. The van der Waals surface area contributed by atoms with Crippen LogP contribution >= 0.6 is 0 Å². The number of benzene rings is 2. The number of nitrogens with zero attached hydrogens (tertiary/aromatic N) is 4. The van der Waals surface area contributed by atoms with Gasteiger partial charge in [0.25, 0.3) is 5.91 Å². The van der Waals surface area contributed by atoms with Gasteiger partial charge in [-0.15, -0.1) is 0 Å². The number of nitroso groups, excluding NO2 is 1. The third kappa shape index (κ3) is 6.30. The molecule has 0 spiro atoms. The molecule has 2 aromatic carbocycles. The van der Waals surface area contributed by atoms with E-state index in [1.165, 1.54) is 11.1 Å². The fourth-order valence-electron chi connectivity index (χ4n) is 5.67. The van der Waals surface area contributed by atoms with Gasteiger partial charge in [0.05, 0.1) is 18.7 Å². The van der Waals surface area contributed by atoms with Crippen molar-refractivity contribution in [1.82, 2.24) is 14.7 Å². The lowest BCUT2D eigenvalue weighted by molar-refractivity contribution is 0.0734. The molecule has 0 radical (unpaired) electrons. The van der Waals surface area contributed by atoms with Crippen LogP contribution in [0.1, 0.15) is 41.3 Å². The number of carbonyl (C=O) groups excluding carboxylic acids is 1. The molecule has 0 bridgehead atoms. The van der Waals surface area contributed by atoms with E-state index in [1.54, 1.807) is 11.0 Å². The molecule has 8 heteroatoms. The highest BCUT2D eigenvalue weighted by Gasteiger charge is 2.28.